The minimum atomic E-state index is -0.168. The Labute approximate surface area is 112 Å². The van der Waals surface area contributed by atoms with Crippen molar-refractivity contribution in [2.24, 2.45) is 0 Å². The van der Waals surface area contributed by atoms with Crippen LogP contribution in [0.5, 0.6) is 0 Å². The molecule has 2 rings (SSSR count). The molecule has 1 aliphatic carbocycles. The highest BCUT2D eigenvalue weighted by Gasteiger charge is 2.27. The van der Waals surface area contributed by atoms with Crippen molar-refractivity contribution in [3.05, 3.63) is 5.82 Å². The van der Waals surface area contributed by atoms with Gasteiger partial charge in [-0.25, -0.2) is 4.98 Å². The molecule has 0 spiro atoms. The highest BCUT2D eigenvalue weighted by molar-refractivity contribution is 7.09. The maximum absolute atomic E-state index is 11.6. The van der Waals surface area contributed by atoms with Crippen LogP contribution in [0.4, 0.5) is 5.13 Å². The molecule has 0 aromatic carbocycles. The fourth-order valence-corrected chi connectivity index (χ4v) is 2.25. The first kappa shape index (κ1) is 13.3. The molecule has 1 heterocycles. The van der Waals surface area contributed by atoms with E-state index in [1.54, 1.807) is 0 Å². The maximum atomic E-state index is 11.6. The Morgan fingerprint density at radius 1 is 1.44 bits per heavy atom. The Kier molecular flexibility index (Phi) is 3.85. The van der Waals surface area contributed by atoms with E-state index in [9.17, 15) is 4.79 Å². The van der Waals surface area contributed by atoms with Gasteiger partial charge in [-0.1, -0.05) is 0 Å². The van der Waals surface area contributed by atoms with Gasteiger partial charge in [0.05, 0.1) is 0 Å². The number of rotatable bonds is 5. The highest BCUT2D eigenvalue weighted by Crippen LogP contribution is 2.39. The smallest absolute Gasteiger partial charge is 0.222 e. The Bertz CT molecular complexity index is 420. The van der Waals surface area contributed by atoms with Crippen molar-refractivity contribution in [3.8, 4) is 0 Å². The van der Waals surface area contributed by atoms with Gasteiger partial charge in [0.15, 0.2) is 0 Å². The fraction of sp³-hybridized carbons (Fsp3) is 0.750. The van der Waals surface area contributed by atoms with E-state index in [1.165, 1.54) is 24.4 Å². The van der Waals surface area contributed by atoms with Crippen LogP contribution in [0.3, 0.4) is 0 Å². The van der Waals surface area contributed by atoms with Crippen molar-refractivity contribution in [2.45, 2.75) is 51.5 Å². The molecule has 0 saturated heterocycles. The average molecular weight is 268 g/mol. The molecular weight excluding hydrogens is 248 g/mol. The monoisotopic (exact) mass is 268 g/mol. The molecule has 1 fully saturated rings. The summed E-state index contributed by atoms with van der Waals surface area (Å²) in [4.78, 5) is 16.0. The van der Waals surface area contributed by atoms with Crippen LogP contribution in [-0.4, -0.2) is 27.3 Å². The molecule has 1 amide bonds. The molecule has 0 atom stereocenters. The summed E-state index contributed by atoms with van der Waals surface area (Å²) in [6.45, 7) is 6.53. The number of carbonyl (C=O) groups is 1. The van der Waals surface area contributed by atoms with Gasteiger partial charge >= 0.3 is 0 Å². The standard InChI is InChI=1S/C12H20N4OS/c1-12(2,3)15-9(17)6-7-13-11-14-10(16-18-11)8-4-5-8/h8H,4-7H2,1-3H3,(H,15,17)(H,13,14,16). The lowest BCUT2D eigenvalue weighted by molar-refractivity contribution is -0.122. The minimum Gasteiger partial charge on any atom is -0.360 e. The van der Waals surface area contributed by atoms with Crippen LogP contribution in [0.15, 0.2) is 0 Å². The second-order valence-electron chi connectivity index (χ2n) is 5.71. The van der Waals surface area contributed by atoms with Crippen molar-refractivity contribution >= 4 is 22.6 Å². The molecule has 0 bridgehead atoms. The Hall–Kier alpha value is -1.17. The Balaban J connectivity index is 1.69. The summed E-state index contributed by atoms with van der Waals surface area (Å²) in [5, 5.41) is 6.90. The lowest BCUT2D eigenvalue weighted by Crippen LogP contribution is -2.41. The predicted octanol–water partition coefficient (Wildman–Crippen LogP) is 2.13. The fourth-order valence-electron chi connectivity index (χ4n) is 1.58. The molecule has 6 heteroatoms. The summed E-state index contributed by atoms with van der Waals surface area (Å²) in [5.74, 6) is 1.60. The van der Waals surface area contributed by atoms with E-state index in [-0.39, 0.29) is 11.4 Å². The Morgan fingerprint density at radius 3 is 2.78 bits per heavy atom. The zero-order valence-electron chi connectivity index (χ0n) is 11.1. The lowest BCUT2D eigenvalue weighted by Gasteiger charge is -2.20. The minimum absolute atomic E-state index is 0.0573. The molecular formula is C12H20N4OS. The molecule has 0 radical (unpaired) electrons. The van der Waals surface area contributed by atoms with Gasteiger partial charge < -0.3 is 10.6 Å². The summed E-state index contributed by atoms with van der Waals surface area (Å²) in [6, 6.07) is 0. The molecule has 1 aromatic rings. The van der Waals surface area contributed by atoms with E-state index in [4.69, 9.17) is 0 Å². The first-order valence-corrected chi connectivity index (χ1v) is 7.10. The van der Waals surface area contributed by atoms with Gasteiger partial charge in [-0.05, 0) is 33.6 Å². The molecule has 100 valence electrons. The van der Waals surface area contributed by atoms with Gasteiger partial charge in [-0.2, -0.15) is 4.37 Å². The van der Waals surface area contributed by atoms with Gasteiger partial charge in [-0.15, -0.1) is 0 Å². The third kappa shape index (κ3) is 4.25. The van der Waals surface area contributed by atoms with E-state index < -0.39 is 0 Å². The molecule has 0 aliphatic heterocycles. The van der Waals surface area contributed by atoms with E-state index in [0.717, 1.165) is 11.0 Å². The van der Waals surface area contributed by atoms with Gasteiger partial charge in [0, 0.05) is 36.0 Å². The molecule has 1 aliphatic rings. The first-order valence-electron chi connectivity index (χ1n) is 6.32. The topological polar surface area (TPSA) is 66.9 Å². The molecule has 2 N–H and O–H groups in total. The van der Waals surface area contributed by atoms with E-state index in [2.05, 4.69) is 20.0 Å². The van der Waals surface area contributed by atoms with Crippen molar-refractivity contribution in [1.29, 1.82) is 0 Å². The van der Waals surface area contributed by atoms with Crippen molar-refractivity contribution in [3.63, 3.8) is 0 Å². The third-order valence-electron chi connectivity index (χ3n) is 2.53. The predicted molar refractivity (Wildman–Crippen MR) is 72.9 cm³/mol. The molecule has 5 nitrogen and oxygen atoms in total. The lowest BCUT2D eigenvalue weighted by atomic mass is 10.1. The van der Waals surface area contributed by atoms with Gasteiger partial charge in [0.2, 0.25) is 11.0 Å². The van der Waals surface area contributed by atoms with Crippen LogP contribution in [0.25, 0.3) is 0 Å². The summed E-state index contributed by atoms with van der Waals surface area (Å²) in [5.41, 5.74) is -0.168. The summed E-state index contributed by atoms with van der Waals surface area (Å²) >= 11 is 1.38. The number of amides is 1. The zero-order chi connectivity index (χ0) is 13.2. The Morgan fingerprint density at radius 2 is 2.17 bits per heavy atom. The van der Waals surface area contributed by atoms with Crippen LogP contribution < -0.4 is 10.6 Å². The van der Waals surface area contributed by atoms with E-state index in [0.29, 0.717) is 18.9 Å². The molecule has 1 saturated carbocycles. The van der Waals surface area contributed by atoms with Crippen LogP contribution in [0, 0.1) is 0 Å². The van der Waals surface area contributed by atoms with Crippen LogP contribution in [-0.2, 0) is 4.79 Å². The summed E-state index contributed by atoms with van der Waals surface area (Å²) in [6.07, 6.45) is 2.88. The normalized spacial score (nSPS) is 15.5. The summed E-state index contributed by atoms with van der Waals surface area (Å²) < 4.78 is 4.30. The van der Waals surface area contributed by atoms with Gasteiger partial charge in [0.1, 0.15) is 5.82 Å². The molecule has 1 aromatic heterocycles. The van der Waals surface area contributed by atoms with Crippen molar-refractivity contribution < 1.29 is 4.79 Å². The second kappa shape index (κ2) is 5.22. The number of aromatic nitrogens is 2. The number of hydrogen-bond acceptors (Lipinski definition) is 5. The van der Waals surface area contributed by atoms with Crippen LogP contribution in [0.2, 0.25) is 0 Å². The second-order valence-corrected chi connectivity index (χ2v) is 6.46. The number of anilines is 1. The SMILES string of the molecule is CC(C)(C)NC(=O)CCNc1nc(C2CC2)ns1. The number of carbonyl (C=O) groups excluding carboxylic acids is 1. The van der Waals surface area contributed by atoms with Crippen LogP contribution in [0.1, 0.15) is 51.8 Å². The van der Waals surface area contributed by atoms with Gasteiger partial charge in [-0.3, -0.25) is 4.79 Å². The highest BCUT2D eigenvalue weighted by atomic mass is 32.1. The number of nitrogens with zero attached hydrogens (tertiary/aromatic N) is 2. The average Bonchev–Trinajstić information content (AvgIpc) is 2.97. The molecule has 18 heavy (non-hydrogen) atoms. The van der Waals surface area contributed by atoms with Crippen molar-refractivity contribution in [1.82, 2.24) is 14.7 Å². The zero-order valence-corrected chi connectivity index (χ0v) is 11.9. The number of hydrogen-bond donors (Lipinski definition) is 2. The third-order valence-corrected chi connectivity index (χ3v) is 3.21. The van der Waals surface area contributed by atoms with Gasteiger partial charge in [0.25, 0.3) is 0 Å². The van der Waals surface area contributed by atoms with Crippen molar-refractivity contribution in [2.75, 3.05) is 11.9 Å². The van der Waals surface area contributed by atoms with E-state index >= 15 is 0 Å². The number of nitrogens with one attached hydrogen (secondary N) is 2. The van der Waals surface area contributed by atoms with E-state index in [1.807, 2.05) is 20.8 Å². The first-order chi connectivity index (χ1) is 8.44. The maximum Gasteiger partial charge on any atom is 0.222 e. The van der Waals surface area contributed by atoms with Crippen LogP contribution >= 0.6 is 11.5 Å². The summed E-state index contributed by atoms with van der Waals surface area (Å²) in [7, 11) is 0. The largest absolute Gasteiger partial charge is 0.360 e. The quantitative estimate of drug-likeness (QED) is 0.858. The molecule has 0 unspecified atom stereocenters.